The zero-order chi connectivity index (χ0) is 10.7. The van der Waals surface area contributed by atoms with Gasteiger partial charge in [-0.3, -0.25) is 0 Å². The Labute approximate surface area is 81.1 Å². The minimum atomic E-state index is -1.25. The Balaban J connectivity index is 3.12. The van der Waals surface area contributed by atoms with Crippen LogP contribution in [0.15, 0.2) is 18.2 Å². The molecule has 0 unspecified atom stereocenters. The molecule has 0 aliphatic heterocycles. The van der Waals surface area contributed by atoms with Crippen molar-refractivity contribution < 1.29 is 19.4 Å². The molecule has 0 amide bonds. The topological polar surface area (TPSA) is 66.4 Å². The molecule has 4 nitrogen and oxygen atoms in total. The summed E-state index contributed by atoms with van der Waals surface area (Å²) in [4.78, 5) is 21.6. The van der Waals surface area contributed by atoms with E-state index in [-0.39, 0.29) is 5.56 Å². The molecule has 1 aromatic carbocycles. The van der Waals surface area contributed by atoms with Gasteiger partial charge in [0.25, 0.3) is 0 Å². The maximum absolute atomic E-state index is 11.1. The lowest BCUT2D eigenvalue weighted by Crippen LogP contribution is -2.23. The van der Waals surface area contributed by atoms with E-state index in [9.17, 15) is 14.7 Å². The summed E-state index contributed by atoms with van der Waals surface area (Å²) in [7, 11) is 1.27. The van der Waals surface area contributed by atoms with Crippen molar-refractivity contribution in [2.75, 3.05) is 7.11 Å². The lowest BCUT2D eigenvalue weighted by Gasteiger charge is -2.07. The van der Waals surface area contributed by atoms with E-state index in [0.29, 0.717) is 11.1 Å². The van der Waals surface area contributed by atoms with Gasteiger partial charge in [-0.2, -0.15) is 0 Å². The zero-order valence-electron chi connectivity index (χ0n) is 7.87. The van der Waals surface area contributed by atoms with Crippen molar-refractivity contribution in [1.82, 2.24) is 0 Å². The van der Waals surface area contributed by atoms with Crippen molar-refractivity contribution in [3.63, 3.8) is 0 Å². The van der Waals surface area contributed by atoms with Gasteiger partial charge in [0, 0.05) is 5.56 Å². The van der Waals surface area contributed by atoms with Crippen LogP contribution in [0.4, 0.5) is 0 Å². The summed E-state index contributed by atoms with van der Waals surface area (Å²) in [6, 6.07) is 4.18. The summed E-state index contributed by atoms with van der Waals surface area (Å²) in [6.07, 6.45) is 0. The molecule has 0 aliphatic rings. The fraction of sp³-hybridized carbons (Fsp3) is 0.200. The number of aryl methyl sites for hydroxylation is 1. The van der Waals surface area contributed by atoms with Gasteiger partial charge in [-0.05, 0) is 24.6 Å². The molecule has 1 aromatic rings. The van der Waals surface area contributed by atoms with Crippen molar-refractivity contribution in [1.29, 1.82) is 0 Å². The summed E-state index contributed by atoms with van der Waals surface area (Å²) < 4.78 is 4.49. The third-order valence-electron chi connectivity index (χ3n) is 1.87. The maximum atomic E-state index is 11.1. The van der Waals surface area contributed by atoms with E-state index in [1.165, 1.54) is 25.3 Å². The number of carboxylic acids is 1. The highest BCUT2D eigenvalue weighted by Crippen LogP contribution is 2.11. The number of carbonyl (C=O) groups is 2. The zero-order valence-corrected chi connectivity index (χ0v) is 7.87. The normalized spacial score (nSPS) is 9.57. The van der Waals surface area contributed by atoms with Crippen LogP contribution in [-0.2, 0) is 4.74 Å². The Kier molecular flexibility index (Phi) is 2.86. The molecule has 0 aliphatic carbocycles. The van der Waals surface area contributed by atoms with Crippen LogP contribution >= 0.6 is 0 Å². The van der Waals surface area contributed by atoms with Gasteiger partial charge in [-0.25, -0.2) is 4.79 Å². The van der Waals surface area contributed by atoms with E-state index in [4.69, 9.17) is 0 Å². The Morgan fingerprint density at radius 1 is 1.36 bits per heavy atom. The number of carboxylic acid groups (broad SMARTS) is 1. The van der Waals surface area contributed by atoms with Crippen LogP contribution in [-0.4, -0.2) is 19.0 Å². The molecule has 0 saturated carbocycles. The molecule has 0 N–H and O–H groups in total. The Hall–Kier alpha value is -1.84. The number of hydrogen-bond donors (Lipinski definition) is 0. The molecule has 74 valence electrons. The van der Waals surface area contributed by atoms with Gasteiger partial charge in [0.2, 0.25) is 0 Å². The number of ether oxygens (including phenoxy) is 1. The van der Waals surface area contributed by atoms with Crippen LogP contribution < -0.4 is 5.11 Å². The molecule has 0 spiro atoms. The molecule has 0 aromatic heterocycles. The number of aromatic carboxylic acids is 1. The third kappa shape index (κ3) is 1.90. The molecule has 0 fully saturated rings. The van der Waals surface area contributed by atoms with Gasteiger partial charge in [0.15, 0.2) is 0 Å². The number of carbonyl (C=O) groups excluding carboxylic acids is 2. The molecule has 14 heavy (non-hydrogen) atoms. The predicted octanol–water partition coefficient (Wildman–Crippen LogP) is 0.145. The van der Waals surface area contributed by atoms with Gasteiger partial charge in [0.1, 0.15) is 0 Å². The van der Waals surface area contributed by atoms with Gasteiger partial charge in [-0.15, -0.1) is 0 Å². The van der Waals surface area contributed by atoms with Crippen LogP contribution in [0.1, 0.15) is 26.3 Å². The molecular formula is C10H9O4-. The molecular weight excluding hydrogens is 184 g/mol. The SMILES string of the molecule is COC(=O)c1ccc(C(=O)[O-])c(C)c1. The van der Waals surface area contributed by atoms with E-state index in [1.54, 1.807) is 6.92 Å². The minimum Gasteiger partial charge on any atom is -0.545 e. The van der Waals surface area contributed by atoms with Crippen molar-refractivity contribution >= 4 is 11.9 Å². The molecule has 1 rings (SSSR count). The van der Waals surface area contributed by atoms with Crippen LogP contribution in [0.25, 0.3) is 0 Å². The van der Waals surface area contributed by atoms with E-state index < -0.39 is 11.9 Å². The summed E-state index contributed by atoms with van der Waals surface area (Å²) in [5.41, 5.74) is 0.889. The number of benzene rings is 1. The van der Waals surface area contributed by atoms with Gasteiger partial charge < -0.3 is 14.6 Å². The van der Waals surface area contributed by atoms with Crippen LogP contribution in [0.3, 0.4) is 0 Å². The van der Waals surface area contributed by atoms with E-state index in [2.05, 4.69) is 4.74 Å². The Morgan fingerprint density at radius 2 is 2.00 bits per heavy atom. The first-order valence-electron chi connectivity index (χ1n) is 3.96. The lowest BCUT2D eigenvalue weighted by atomic mass is 10.1. The van der Waals surface area contributed by atoms with E-state index in [1.807, 2.05) is 0 Å². The fourth-order valence-corrected chi connectivity index (χ4v) is 1.14. The second-order valence-corrected chi connectivity index (χ2v) is 2.81. The first-order chi connectivity index (χ1) is 6.56. The number of esters is 1. The maximum Gasteiger partial charge on any atom is 0.337 e. The molecule has 0 radical (unpaired) electrons. The summed E-state index contributed by atoms with van der Waals surface area (Å²) >= 11 is 0. The lowest BCUT2D eigenvalue weighted by molar-refractivity contribution is -0.255. The van der Waals surface area contributed by atoms with Crippen molar-refractivity contribution in [3.8, 4) is 0 Å². The molecule has 0 bridgehead atoms. The van der Waals surface area contributed by atoms with Crippen molar-refractivity contribution in [2.24, 2.45) is 0 Å². The third-order valence-corrected chi connectivity index (χ3v) is 1.87. The average molecular weight is 193 g/mol. The second-order valence-electron chi connectivity index (χ2n) is 2.81. The van der Waals surface area contributed by atoms with Gasteiger partial charge in [-0.1, -0.05) is 6.07 Å². The molecule has 4 heteroatoms. The van der Waals surface area contributed by atoms with Crippen LogP contribution in [0.5, 0.6) is 0 Å². The minimum absolute atomic E-state index is 0.0812. The highest BCUT2D eigenvalue weighted by Gasteiger charge is 2.07. The van der Waals surface area contributed by atoms with E-state index in [0.717, 1.165) is 0 Å². The van der Waals surface area contributed by atoms with Crippen molar-refractivity contribution in [3.05, 3.63) is 34.9 Å². The second kappa shape index (κ2) is 3.91. The molecule has 0 heterocycles. The standard InChI is InChI=1S/C10H10O4/c1-6-5-7(10(13)14-2)3-4-8(6)9(11)12/h3-5H,1-2H3,(H,11,12)/p-1. The average Bonchev–Trinajstić information content (AvgIpc) is 2.15. The first-order valence-corrected chi connectivity index (χ1v) is 3.96. The fourth-order valence-electron chi connectivity index (χ4n) is 1.14. The predicted molar refractivity (Wildman–Crippen MR) is 46.8 cm³/mol. The summed E-state index contributed by atoms with van der Waals surface area (Å²) in [5, 5.41) is 10.5. The number of rotatable bonds is 2. The Bertz CT molecular complexity index is 382. The van der Waals surface area contributed by atoms with Gasteiger partial charge >= 0.3 is 5.97 Å². The summed E-state index contributed by atoms with van der Waals surface area (Å²) in [5.74, 6) is -1.74. The summed E-state index contributed by atoms with van der Waals surface area (Å²) in [6.45, 7) is 1.59. The van der Waals surface area contributed by atoms with E-state index >= 15 is 0 Å². The quantitative estimate of drug-likeness (QED) is 0.627. The smallest absolute Gasteiger partial charge is 0.337 e. The highest BCUT2D eigenvalue weighted by atomic mass is 16.5. The van der Waals surface area contributed by atoms with Crippen molar-refractivity contribution in [2.45, 2.75) is 6.92 Å². The van der Waals surface area contributed by atoms with Crippen LogP contribution in [0.2, 0.25) is 0 Å². The first kappa shape index (κ1) is 10.2. The largest absolute Gasteiger partial charge is 0.545 e. The van der Waals surface area contributed by atoms with Crippen LogP contribution in [0, 0.1) is 6.92 Å². The molecule has 0 saturated heterocycles. The van der Waals surface area contributed by atoms with Gasteiger partial charge in [0.05, 0.1) is 18.6 Å². The number of methoxy groups -OCH3 is 1. The Morgan fingerprint density at radius 3 is 2.43 bits per heavy atom. The number of hydrogen-bond acceptors (Lipinski definition) is 4. The molecule has 0 atom stereocenters. The monoisotopic (exact) mass is 193 g/mol. The highest BCUT2D eigenvalue weighted by molar-refractivity contribution is 5.93.